The number of guanidine groups is 1. The van der Waals surface area contributed by atoms with Crippen molar-refractivity contribution in [1.29, 1.82) is 0 Å². The zero-order valence-corrected chi connectivity index (χ0v) is 14.7. The van der Waals surface area contributed by atoms with Gasteiger partial charge in [0.15, 0.2) is 5.96 Å². The van der Waals surface area contributed by atoms with E-state index >= 15 is 0 Å². The first-order valence-electron chi connectivity index (χ1n) is 8.00. The minimum atomic E-state index is 0.369. The summed E-state index contributed by atoms with van der Waals surface area (Å²) in [4.78, 5) is 4.45. The van der Waals surface area contributed by atoms with E-state index in [1.165, 1.54) is 16.8 Å². The molecule has 0 spiro atoms. The zero-order chi connectivity index (χ0) is 17.0. The highest BCUT2D eigenvalue weighted by Gasteiger charge is 2.07. The minimum Gasteiger partial charge on any atom is -0.370 e. The van der Waals surface area contributed by atoms with Crippen LogP contribution in [0.5, 0.6) is 0 Å². The van der Waals surface area contributed by atoms with Crippen LogP contribution in [0.3, 0.4) is 0 Å². The third-order valence-electron chi connectivity index (χ3n) is 3.94. The lowest BCUT2D eigenvalue weighted by Gasteiger charge is -2.12. The van der Waals surface area contributed by atoms with Crippen molar-refractivity contribution in [2.24, 2.45) is 16.6 Å². The number of anilines is 1. The van der Waals surface area contributed by atoms with Crippen molar-refractivity contribution in [3.8, 4) is 0 Å². The molecule has 0 saturated carbocycles. The Kier molecular flexibility index (Phi) is 5.42. The summed E-state index contributed by atoms with van der Waals surface area (Å²) in [5, 5.41) is 7.63. The topological polar surface area (TPSA) is 68.2 Å². The van der Waals surface area contributed by atoms with Crippen LogP contribution in [0.4, 0.5) is 5.69 Å². The van der Waals surface area contributed by atoms with Crippen molar-refractivity contribution in [2.45, 2.75) is 41.2 Å². The molecule has 1 heterocycles. The Hall–Kier alpha value is -2.30. The van der Waals surface area contributed by atoms with Gasteiger partial charge in [-0.2, -0.15) is 5.10 Å². The highest BCUT2D eigenvalue weighted by molar-refractivity contribution is 5.92. The van der Waals surface area contributed by atoms with Gasteiger partial charge >= 0.3 is 0 Å². The van der Waals surface area contributed by atoms with Crippen molar-refractivity contribution >= 4 is 11.6 Å². The number of aryl methyl sites for hydroxylation is 4. The second kappa shape index (κ2) is 7.31. The standard InChI is InChI=1S/C18H27N5/c1-12(11-23-16(5)9-15(4)22-23)10-20-18(19)21-17-7-6-13(2)14(3)8-17/h6-9,12H,10-11H2,1-5H3,(H3,19,20,21). The van der Waals surface area contributed by atoms with Crippen LogP contribution in [0, 0.1) is 33.6 Å². The summed E-state index contributed by atoms with van der Waals surface area (Å²) in [7, 11) is 0. The molecule has 0 bridgehead atoms. The van der Waals surface area contributed by atoms with E-state index < -0.39 is 0 Å². The molecule has 1 atom stereocenters. The number of aliphatic imine (C=N–C) groups is 1. The van der Waals surface area contributed by atoms with E-state index in [0.29, 0.717) is 18.4 Å². The Balaban J connectivity index is 1.90. The first-order valence-corrected chi connectivity index (χ1v) is 8.00. The molecule has 1 unspecified atom stereocenters. The first-order chi connectivity index (χ1) is 10.8. The third-order valence-corrected chi connectivity index (χ3v) is 3.94. The Morgan fingerprint density at radius 3 is 2.57 bits per heavy atom. The molecule has 0 radical (unpaired) electrons. The van der Waals surface area contributed by atoms with E-state index in [4.69, 9.17) is 5.73 Å². The van der Waals surface area contributed by atoms with Gasteiger partial charge in [-0.05, 0) is 62.9 Å². The van der Waals surface area contributed by atoms with Crippen molar-refractivity contribution in [3.63, 3.8) is 0 Å². The number of nitrogens with one attached hydrogen (secondary N) is 1. The molecule has 0 aliphatic carbocycles. The van der Waals surface area contributed by atoms with Crippen LogP contribution in [0.15, 0.2) is 29.3 Å². The van der Waals surface area contributed by atoms with Gasteiger partial charge in [0, 0.05) is 24.5 Å². The maximum atomic E-state index is 5.99. The Morgan fingerprint density at radius 2 is 1.96 bits per heavy atom. The lowest BCUT2D eigenvalue weighted by atomic mass is 10.1. The van der Waals surface area contributed by atoms with E-state index in [1.807, 2.05) is 17.7 Å². The molecule has 0 aliphatic heterocycles. The first kappa shape index (κ1) is 17.1. The smallest absolute Gasteiger partial charge is 0.193 e. The molecule has 0 fully saturated rings. The van der Waals surface area contributed by atoms with E-state index in [2.05, 4.69) is 61.3 Å². The highest BCUT2D eigenvalue weighted by atomic mass is 15.3. The number of nitrogens with two attached hydrogens (primary N) is 1. The predicted molar refractivity (Wildman–Crippen MR) is 96.9 cm³/mol. The number of hydrogen-bond donors (Lipinski definition) is 2. The van der Waals surface area contributed by atoms with Crippen LogP contribution < -0.4 is 11.1 Å². The van der Waals surface area contributed by atoms with E-state index in [1.54, 1.807) is 0 Å². The summed E-state index contributed by atoms with van der Waals surface area (Å²) in [6.45, 7) is 11.9. The van der Waals surface area contributed by atoms with Crippen molar-refractivity contribution in [1.82, 2.24) is 9.78 Å². The van der Waals surface area contributed by atoms with Crippen LogP contribution >= 0.6 is 0 Å². The average Bonchev–Trinajstić information content (AvgIpc) is 2.79. The number of aromatic nitrogens is 2. The zero-order valence-electron chi connectivity index (χ0n) is 14.7. The van der Waals surface area contributed by atoms with Gasteiger partial charge < -0.3 is 11.1 Å². The van der Waals surface area contributed by atoms with Gasteiger partial charge in [0.05, 0.1) is 5.69 Å². The monoisotopic (exact) mass is 313 g/mol. The van der Waals surface area contributed by atoms with Gasteiger partial charge in [-0.1, -0.05) is 13.0 Å². The number of benzene rings is 1. The lowest BCUT2D eigenvalue weighted by Crippen LogP contribution is -2.24. The van der Waals surface area contributed by atoms with Gasteiger partial charge in [0.25, 0.3) is 0 Å². The Labute approximate surface area is 138 Å². The van der Waals surface area contributed by atoms with E-state index in [0.717, 1.165) is 17.9 Å². The fourth-order valence-electron chi connectivity index (χ4n) is 2.47. The van der Waals surface area contributed by atoms with Crippen molar-refractivity contribution < 1.29 is 0 Å². The molecular formula is C18H27N5. The summed E-state index contributed by atoms with van der Waals surface area (Å²) < 4.78 is 2.03. The average molecular weight is 313 g/mol. The molecule has 0 saturated heterocycles. The maximum Gasteiger partial charge on any atom is 0.193 e. The molecule has 1 aromatic carbocycles. The fourth-order valence-corrected chi connectivity index (χ4v) is 2.47. The minimum absolute atomic E-state index is 0.369. The second-order valence-electron chi connectivity index (χ2n) is 6.36. The fraction of sp³-hybridized carbons (Fsp3) is 0.444. The third kappa shape index (κ3) is 4.84. The Bertz CT molecular complexity index is 699. The van der Waals surface area contributed by atoms with Crippen LogP contribution in [0.2, 0.25) is 0 Å². The SMILES string of the molecule is Cc1cc(C)n(CC(C)CN=C(N)Nc2ccc(C)c(C)c2)n1. The molecule has 5 heteroatoms. The van der Waals surface area contributed by atoms with E-state index in [-0.39, 0.29) is 0 Å². The van der Waals surface area contributed by atoms with Crippen molar-refractivity contribution in [3.05, 3.63) is 46.8 Å². The van der Waals surface area contributed by atoms with Crippen LogP contribution in [0.25, 0.3) is 0 Å². The molecule has 5 nitrogen and oxygen atoms in total. The Morgan fingerprint density at radius 1 is 1.22 bits per heavy atom. The second-order valence-corrected chi connectivity index (χ2v) is 6.36. The van der Waals surface area contributed by atoms with Crippen LogP contribution in [0.1, 0.15) is 29.4 Å². The van der Waals surface area contributed by atoms with Gasteiger partial charge in [0.1, 0.15) is 0 Å². The quantitative estimate of drug-likeness (QED) is 0.658. The van der Waals surface area contributed by atoms with Crippen LogP contribution in [-0.2, 0) is 6.54 Å². The highest BCUT2D eigenvalue weighted by Crippen LogP contribution is 2.14. The summed E-state index contributed by atoms with van der Waals surface area (Å²) >= 11 is 0. The number of rotatable bonds is 5. The normalized spacial score (nSPS) is 13.2. The lowest BCUT2D eigenvalue weighted by molar-refractivity contribution is 0.450. The summed E-state index contributed by atoms with van der Waals surface area (Å²) in [6.07, 6.45) is 0. The maximum absolute atomic E-state index is 5.99. The van der Waals surface area contributed by atoms with E-state index in [9.17, 15) is 0 Å². The molecule has 1 aromatic heterocycles. The predicted octanol–water partition coefficient (Wildman–Crippen LogP) is 3.18. The molecule has 0 amide bonds. The molecule has 23 heavy (non-hydrogen) atoms. The summed E-state index contributed by atoms with van der Waals surface area (Å²) in [6, 6.07) is 8.27. The molecule has 0 aliphatic rings. The van der Waals surface area contributed by atoms with Crippen LogP contribution in [-0.4, -0.2) is 22.3 Å². The summed E-state index contributed by atoms with van der Waals surface area (Å²) in [5.41, 5.74) is 11.7. The molecule has 2 rings (SSSR count). The summed E-state index contributed by atoms with van der Waals surface area (Å²) in [5.74, 6) is 0.821. The molecule has 3 N–H and O–H groups in total. The van der Waals surface area contributed by atoms with Gasteiger partial charge in [0.2, 0.25) is 0 Å². The van der Waals surface area contributed by atoms with Gasteiger partial charge in [-0.15, -0.1) is 0 Å². The largest absolute Gasteiger partial charge is 0.370 e. The van der Waals surface area contributed by atoms with Crippen molar-refractivity contribution in [2.75, 3.05) is 11.9 Å². The number of hydrogen-bond acceptors (Lipinski definition) is 2. The number of nitrogens with zero attached hydrogens (tertiary/aromatic N) is 3. The molecular weight excluding hydrogens is 286 g/mol. The van der Waals surface area contributed by atoms with Gasteiger partial charge in [-0.3, -0.25) is 9.67 Å². The molecule has 124 valence electrons. The molecule has 2 aromatic rings. The van der Waals surface area contributed by atoms with Gasteiger partial charge in [-0.25, -0.2) is 0 Å².